The normalized spacial score (nSPS) is 21.0. The molecule has 0 unspecified atom stereocenters. The highest BCUT2D eigenvalue weighted by Gasteiger charge is 2.30. The van der Waals surface area contributed by atoms with E-state index < -0.39 is 0 Å². The van der Waals surface area contributed by atoms with E-state index in [-0.39, 0.29) is 0 Å². The molecular formula is C11H23NO2. The Kier molecular flexibility index (Phi) is 5.45. The Bertz CT molecular complexity index is 144. The van der Waals surface area contributed by atoms with Crippen LogP contribution < -0.4 is 5.73 Å². The molecule has 2 N–H and O–H groups in total. The second-order valence-electron chi connectivity index (χ2n) is 4.18. The predicted octanol–water partition coefficient (Wildman–Crippen LogP) is 1.56. The van der Waals surface area contributed by atoms with Crippen LogP contribution in [0.25, 0.3) is 0 Å². The summed E-state index contributed by atoms with van der Waals surface area (Å²) in [4.78, 5) is 0. The highest BCUT2D eigenvalue weighted by molar-refractivity contribution is 4.82. The smallest absolute Gasteiger partial charge is 0.0471 e. The van der Waals surface area contributed by atoms with Gasteiger partial charge in [0.05, 0.1) is 0 Å². The maximum atomic E-state index is 5.84. The minimum absolute atomic E-state index is 0.298. The summed E-state index contributed by atoms with van der Waals surface area (Å²) in [5.41, 5.74) is 6.14. The first-order chi connectivity index (χ1) is 6.83. The van der Waals surface area contributed by atoms with Crippen molar-refractivity contribution in [2.75, 3.05) is 33.0 Å². The van der Waals surface area contributed by atoms with Crippen LogP contribution in [0.15, 0.2) is 0 Å². The van der Waals surface area contributed by atoms with E-state index in [4.69, 9.17) is 15.2 Å². The summed E-state index contributed by atoms with van der Waals surface area (Å²) in [5, 5.41) is 0. The summed E-state index contributed by atoms with van der Waals surface area (Å²) in [6.45, 7) is 6.36. The molecule has 1 aliphatic rings. The largest absolute Gasteiger partial charge is 0.381 e. The molecule has 1 fully saturated rings. The standard InChI is InChI=1S/C11H23NO2/c1-2-6-13-7-3-11(10-12)4-8-14-9-5-11/h2-10,12H2,1H3. The van der Waals surface area contributed by atoms with Crippen LogP contribution in [0.2, 0.25) is 0 Å². The lowest BCUT2D eigenvalue weighted by Gasteiger charge is -2.36. The molecule has 0 aliphatic carbocycles. The van der Waals surface area contributed by atoms with Gasteiger partial charge in [0.25, 0.3) is 0 Å². The molecule has 3 heteroatoms. The van der Waals surface area contributed by atoms with Gasteiger partial charge in [0, 0.05) is 26.4 Å². The van der Waals surface area contributed by atoms with Gasteiger partial charge in [0.2, 0.25) is 0 Å². The van der Waals surface area contributed by atoms with Gasteiger partial charge >= 0.3 is 0 Å². The van der Waals surface area contributed by atoms with Crippen molar-refractivity contribution < 1.29 is 9.47 Å². The van der Waals surface area contributed by atoms with Crippen molar-refractivity contribution in [3.63, 3.8) is 0 Å². The van der Waals surface area contributed by atoms with Gasteiger partial charge in [-0.3, -0.25) is 0 Å². The van der Waals surface area contributed by atoms with Crippen LogP contribution in [0, 0.1) is 5.41 Å². The summed E-state index contributed by atoms with van der Waals surface area (Å²) in [6.07, 6.45) is 4.38. The van der Waals surface area contributed by atoms with Crippen molar-refractivity contribution in [2.24, 2.45) is 11.1 Å². The summed E-state index contributed by atoms with van der Waals surface area (Å²) in [6, 6.07) is 0. The SMILES string of the molecule is CCCOCCC1(CN)CCOCC1. The minimum Gasteiger partial charge on any atom is -0.381 e. The quantitative estimate of drug-likeness (QED) is 0.663. The first kappa shape index (κ1) is 12.0. The van der Waals surface area contributed by atoms with Crippen molar-refractivity contribution in [1.82, 2.24) is 0 Å². The molecule has 1 rings (SSSR count). The molecule has 1 aliphatic heterocycles. The Hall–Kier alpha value is -0.120. The molecule has 1 saturated heterocycles. The lowest BCUT2D eigenvalue weighted by atomic mass is 9.78. The molecule has 0 amide bonds. The molecule has 3 nitrogen and oxygen atoms in total. The lowest BCUT2D eigenvalue weighted by molar-refractivity contribution is -0.00207. The Balaban J connectivity index is 2.22. The number of hydrogen-bond donors (Lipinski definition) is 1. The topological polar surface area (TPSA) is 44.5 Å². The summed E-state index contributed by atoms with van der Waals surface area (Å²) in [7, 11) is 0. The van der Waals surface area contributed by atoms with Gasteiger partial charge in [-0.15, -0.1) is 0 Å². The first-order valence-corrected chi connectivity index (χ1v) is 5.68. The van der Waals surface area contributed by atoms with Crippen LogP contribution >= 0.6 is 0 Å². The fraction of sp³-hybridized carbons (Fsp3) is 1.00. The van der Waals surface area contributed by atoms with Crippen LogP contribution in [0.3, 0.4) is 0 Å². The maximum Gasteiger partial charge on any atom is 0.0471 e. The van der Waals surface area contributed by atoms with Crippen molar-refractivity contribution in [2.45, 2.75) is 32.6 Å². The zero-order valence-corrected chi connectivity index (χ0v) is 9.26. The molecule has 0 aromatic rings. The highest BCUT2D eigenvalue weighted by atomic mass is 16.5. The zero-order chi connectivity index (χ0) is 10.3. The Morgan fingerprint density at radius 1 is 1.29 bits per heavy atom. The fourth-order valence-electron chi connectivity index (χ4n) is 1.90. The van der Waals surface area contributed by atoms with Crippen LogP contribution in [0.4, 0.5) is 0 Å². The maximum absolute atomic E-state index is 5.84. The van der Waals surface area contributed by atoms with Gasteiger partial charge in [-0.1, -0.05) is 6.92 Å². The Morgan fingerprint density at radius 2 is 2.00 bits per heavy atom. The summed E-state index contributed by atoms with van der Waals surface area (Å²) < 4.78 is 10.9. The van der Waals surface area contributed by atoms with E-state index in [1.165, 1.54) is 0 Å². The van der Waals surface area contributed by atoms with Crippen LogP contribution in [-0.4, -0.2) is 33.0 Å². The first-order valence-electron chi connectivity index (χ1n) is 5.68. The van der Waals surface area contributed by atoms with Gasteiger partial charge in [0.15, 0.2) is 0 Å². The number of hydrogen-bond acceptors (Lipinski definition) is 3. The van der Waals surface area contributed by atoms with Crippen LogP contribution in [-0.2, 0) is 9.47 Å². The molecule has 0 aromatic heterocycles. The molecule has 0 saturated carbocycles. The third kappa shape index (κ3) is 3.56. The lowest BCUT2D eigenvalue weighted by Crippen LogP contribution is -2.37. The molecule has 0 bridgehead atoms. The van der Waals surface area contributed by atoms with E-state index in [9.17, 15) is 0 Å². The van der Waals surface area contributed by atoms with E-state index in [0.717, 1.165) is 58.7 Å². The second-order valence-corrected chi connectivity index (χ2v) is 4.18. The van der Waals surface area contributed by atoms with Crippen molar-refractivity contribution in [1.29, 1.82) is 0 Å². The van der Waals surface area contributed by atoms with Crippen molar-refractivity contribution in [3.05, 3.63) is 0 Å². The minimum atomic E-state index is 0.298. The highest BCUT2D eigenvalue weighted by Crippen LogP contribution is 2.32. The number of ether oxygens (including phenoxy) is 2. The fourth-order valence-corrected chi connectivity index (χ4v) is 1.90. The van der Waals surface area contributed by atoms with Gasteiger partial charge in [-0.05, 0) is 37.6 Å². The second kappa shape index (κ2) is 6.38. The third-order valence-corrected chi connectivity index (χ3v) is 3.11. The van der Waals surface area contributed by atoms with Crippen LogP contribution in [0.5, 0.6) is 0 Å². The van der Waals surface area contributed by atoms with E-state index >= 15 is 0 Å². The monoisotopic (exact) mass is 201 g/mol. The Labute approximate surface area is 86.9 Å². The van der Waals surface area contributed by atoms with Crippen LogP contribution in [0.1, 0.15) is 32.6 Å². The molecule has 0 spiro atoms. The molecule has 84 valence electrons. The molecule has 14 heavy (non-hydrogen) atoms. The summed E-state index contributed by atoms with van der Waals surface area (Å²) in [5.74, 6) is 0. The molecule has 0 atom stereocenters. The van der Waals surface area contributed by atoms with E-state index in [1.807, 2.05) is 0 Å². The molecular weight excluding hydrogens is 178 g/mol. The molecule has 1 heterocycles. The Morgan fingerprint density at radius 3 is 2.57 bits per heavy atom. The van der Waals surface area contributed by atoms with E-state index in [1.54, 1.807) is 0 Å². The zero-order valence-electron chi connectivity index (χ0n) is 9.26. The van der Waals surface area contributed by atoms with Crippen molar-refractivity contribution >= 4 is 0 Å². The van der Waals surface area contributed by atoms with Crippen molar-refractivity contribution in [3.8, 4) is 0 Å². The average molecular weight is 201 g/mol. The molecule has 0 aromatic carbocycles. The predicted molar refractivity (Wildman–Crippen MR) is 57.3 cm³/mol. The third-order valence-electron chi connectivity index (χ3n) is 3.11. The number of nitrogens with two attached hydrogens (primary N) is 1. The van der Waals surface area contributed by atoms with Gasteiger partial charge in [0.1, 0.15) is 0 Å². The average Bonchev–Trinajstić information content (AvgIpc) is 2.26. The number of rotatable bonds is 6. The van der Waals surface area contributed by atoms with Gasteiger partial charge in [-0.25, -0.2) is 0 Å². The van der Waals surface area contributed by atoms with Gasteiger partial charge in [-0.2, -0.15) is 0 Å². The van der Waals surface area contributed by atoms with E-state index in [0.29, 0.717) is 5.41 Å². The van der Waals surface area contributed by atoms with Gasteiger partial charge < -0.3 is 15.2 Å². The summed E-state index contributed by atoms with van der Waals surface area (Å²) >= 11 is 0. The van der Waals surface area contributed by atoms with E-state index in [2.05, 4.69) is 6.92 Å². The molecule has 0 radical (unpaired) electrons.